The summed E-state index contributed by atoms with van der Waals surface area (Å²) in [5.74, 6) is -0.419. The SMILES string of the molecule is O=C(O)CN1C(=O)C(=Cc2ccc(OCCc3ccccc3)c(OCc3cccc[nH+]3)c2)SC1=S. The standard InChI is InChI=1S/C26H22N2O5S2/c29-24(30)16-28-25(31)23(35-26(28)34)15-19-9-10-21(32-13-11-18-6-2-1-3-7-18)22(14-19)33-17-20-8-4-5-12-27-20/h1-10,12,14-15H,11,13,16-17H2,(H,29,30)/p+1. The van der Waals surface area contributed by atoms with E-state index in [9.17, 15) is 9.59 Å². The first-order chi connectivity index (χ1) is 17.0. The lowest BCUT2D eigenvalue weighted by molar-refractivity contribution is -0.394. The summed E-state index contributed by atoms with van der Waals surface area (Å²) in [5.41, 5.74) is 2.78. The van der Waals surface area contributed by atoms with Crippen LogP contribution in [-0.2, 0) is 22.6 Å². The molecule has 1 saturated heterocycles. The Balaban J connectivity index is 1.53. The molecular formula is C26H23N2O5S2+. The van der Waals surface area contributed by atoms with Crippen LogP contribution in [0.1, 0.15) is 16.8 Å². The molecule has 2 heterocycles. The molecule has 178 valence electrons. The number of nitrogens with zero attached hydrogens (tertiary/aromatic N) is 1. The Hall–Kier alpha value is -3.69. The molecule has 0 spiro atoms. The molecule has 9 heteroatoms. The number of carbonyl (C=O) groups excluding carboxylic acids is 1. The quantitative estimate of drug-likeness (QED) is 0.328. The van der Waals surface area contributed by atoms with Gasteiger partial charge >= 0.3 is 5.97 Å². The van der Waals surface area contributed by atoms with Crippen LogP contribution in [-0.4, -0.2) is 39.4 Å². The number of carboxylic acid groups (broad SMARTS) is 1. The number of pyridine rings is 1. The topological polar surface area (TPSA) is 90.2 Å². The van der Waals surface area contributed by atoms with Crippen molar-refractivity contribution in [3.05, 3.63) is 94.7 Å². The van der Waals surface area contributed by atoms with Crippen LogP contribution in [0.4, 0.5) is 0 Å². The molecule has 1 aromatic heterocycles. The van der Waals surface area contributed by atoms with E-state index >= 15 is 0 Å². The number of hydrogen-bond donors (Lipinski definition) is 1. The monoisotopic (exact) mass is 507 g/mol. The number of hydrogen-bond acceptors (Lipinski definition) is 6. The third kappa shape index (κ3) is 6.68. The van der Waals surface area contributed by atoms with E-state index in [1.54, 1.807) is 18.2 Å². The summed E-state index contributed by atoms with van der Waals surface area (Å²) in [6.07, 6.45) is 4.25. The molecular weight excluding hydrogens is 484 g/mol. The van der Waals surface area contributed by atoms with Gasteiger partial charge < -0.3 is 14.6 Å². The lowest BCUT2D eigenvalue weighted by Gasteiger charge is -2.13. The van der Waals surface area contributed by atoms with E-state index in [4.69, 9.17) is 26.8 Å². The Morgan fingerprint density at radius 3 is 2.60 bits per heavy atom. The molecule has 2 N–H and O–H groups in total. The lowest BCUT2D eigenvalue weighted by Crippen LogP contribution is -2.33. The van der Waals surface area contributed by atoms with Crippen LogP contribution in [0, 0.1) is 0 Å². The van der Waals surface area contributed by atoms with Crippen LogP contribution in [0.3, 0.4) is 0 Å². The number of aromatic nitrogens is 1. The Morgan fingerprint density at radius 2 is 1.86 bits per heavy atom. The van der Waals surface area contributed by atoms with Crippen LogP contribution in [0.15, 0.2) is 77.8 Å². The van der Waals surface area contributed by atoms with Crippen molar-refractivity contribution in [2.45, 2.75) is 13.0 Å². The molecule has 0 unspecified atom stereocenters. The van der Waals surface area contributed by atoms with Crippen molar-refractivity contribution in [3.63, 3.8) is 0 Å². The molecule has 0 saturated carbocycles. The number of rotatable bonds is 10. The predicted molar refractivity (Wildman–Crippen MR) is 137 cm³/mol. The Morgan fingerprint density at radius 1 is 1.06 bits per heavy atom. The number of ether oxygens (including phenoxy) is 2. The second-order valence-electron chi connectivity index (χ2n) is 7.63. The smallest absolute Gasteiger partial charge is 0.323 e. The van der Waals surface area contributed by atoms with Gasteiger partial charge in [0.2, 0.25) is 5.69 Å². The highest BCUT2D eigenvalue weighted by molar-refractivity contribution is 8.26. The summed E-state index contributed by atoms with van der Waals surface area (Å²) >= 11 is 6.25. The summed E-state index contributed by atoms with van der Waals surface area (Å²) in [6, 6.07) is 21.2. The molecule has 1 amide bonds. The second-order valence-corrected chi connectivity index (χ2v) is 9.30. The summed E-state index contributed by atoms with van der Waals surface area (Å²) in [7, 11) is 0. The number of H-pyrrole nitrogens is 1. The first-order valence-electron chi connectivity index (χ1n) is 10.9. The van der Waals surface area contributed by atoms with Crippen LogP contribution in [0.5, 0.6) is 11.5 Å². The fraction of sp³-hybridized carbons (Fsp3) is 0.154. The normalized spacial score (nSPS) is 14.4. The zero-order chi connectivity index (χ0) is 24.6. The molecule has 3 aromatic rings. The fourth-order valence-corrected chi connectivity index (χ4v) is 4.62. The molecule has 7 nitrogen and oxygen atoms in total. The van der Waals surface area contributed by atoms with Gasteiger partial charge in [0.05, 0.1) is 11.5 Å². The maximum absolute atomic E-state index is 12.6. The number of nitrogens with one attached hydrogen (secondary N) is 1. The van der Waals surface area contributed by atoms with E-state index in [0.717, 1.165) is 28.8 Å². The van der Waals surface area contributed by atoms with Crippen LogP contribution < -0.4 is 14.5 Å². The molecule has 0 atom stereocenters. The zero-order valence-corrected chi connectivity index (χ0v) is 20.3. The molecule has 1 fully saturated rings. The predicted octanol–water partition coefficient (Wildman–Crippen LogP) is 3.99. The summed E-state index contributed by atoms with van der Waals surface area (Å²) in [6.45, 7) is 0.323. The minimum absolute atomic E-state index is 0.223. The number of aliphatic carboxylic acids is 1. The van der Waals surface area contributed by atoms with Crippen LogP contribution >= 0.6 is 24.0 Å². The van der Waals surface area contributed by atoms with E-state index < -0.39 is 18.4 Å². The first kappa shape index (κ1) is 24.4. The van der Waals surface area contributed by atoms with Gasteiger partial charge in [-0.1, -0.05) is 60.4 Å². The Labute approximate surface area is 212 Å². The average Bonchev–Trinajstić information content (AvgIpc) is 3.12. The number of thioether (sulfide) groups is 1. The lowest BCUT2D eigenvalue weighted by atomic mass is 10.1. The maximum Gasteiger partial charge on any atom is 0.323 e. The van der Waals surface area contributed by atoms with Gasteiger partial charge in [-0.25, -0.2) is 4.98 Å². The van der Waals surface area contributed by atoms with Crippen molar-refractivity contribution in [2.24, 2.45) is 0 Å². The maximum atomic E-state index is 12.6. The van der Waals surface area contributed by atoms with Crippen molar-refractivity contribution in [2.75, 3.05) is 13.2 Å². The molecule has 1 aliphatic rings. The summed E-state index contributed by atoms with van der Waals surface area (Å²) in [5, 5.41) is 9.03. The highest BCUT2D eigenvalue weighted by atomic mass is 32.2. The fourth-order valence-electron chi connectivity index (χ4n) is 3.37. The van der Waals surface area contributed by atoms with Crippen molar-refractivity contribution in [1.82, 2.24) is 4.90 Å². The first-order valence-corrected chi connectivity index (χ1v) is 12.1. The van der Waals surface area contributed by atoms with E-state index in [1.165, 1.54) is 5.56 Å². The molecule has 0 radical (unpaired) electrons. The molecule has 1 aliphatic heterocycles. The molecule has 0 aliphatic carbocycles. The van der Waals surface area contributed by atoms with Gasteiger partial charge in [-0.3, -0.25) is 14.5 Å². The Kier molecular flexibility index (Phi) is 8.12. The van der Waals surface area contributed by atoms with E-state index in [1.807, 2.05) is 48.7 Å². The van der Waals surface area contributed by atoms with Gasteiger partial charge in [0.1, 0.15) is 10.9 Å². The van der Waals surface area contributed by atoms with Gasteiger partial charge in [0.25, 0.3) is 5.91 Å². The van der Waals surface area contributed by atoms with Gasteiger partial charge in [0, 0.05) is 18.6 Å². The number of thiocarbonyl (C=S) groups is 1. The molecule has 35 heavy (non-hydrogen) atoms. The van der Waals surface area contributed by atoms with Gasteiger partial charge in [-0.05, 0) is 35.4 Å². The molecule has 0 bridgehead atoms. The van der Waals surface area contributed by atoms with Gasteiger partial charge in [-0.2, -0.15) is 0 Å². The van der Waals surface area contributed by atoms with Gasteiger partial charge in [-0.15, -0.1) is 0 Å². The second kappa shape index (κ2) is 11.6. The summed E-state index contributed by atoms with van der Waals surface area (Å²) in [4.78, 5) is 28.2. The van der Waals surface area contributed by atoms with Crippen LogP contribution in [0.2, 0.25) is 0 Å². The third-order valence-corrected chi connectivity index (χ3v) is 6.46. The number of carbonyl (C=O) groups is 2. The number of benzene rings is 2. The summed E-state index contributed by atoms with van der Waals surface area (Å²) < 4.78 is 12.3. The average molecular weight is 508 g/mol. The minimum Gasteiger partial charge on any atom is -0.489 e. The molecule has 2 aromatic carbocycles. The highest BCUT2D eigenvalue weighted by Gasteiger charge is 2.33. The number of aromatic amines is 1. The zero-order valence-electron chi connectivity index (χ0n) is 18.7. The minimum atomic E-state index is -1.12. The largest absolute Gasteiger partial charge is 0.489 e. The van der Waals surface area contributed by atoms with Crippen molar-refractivity contribution < 1.29 is 29.2 Å². The van der Waals surface area contributed by atoms with E-state index in [2.05, 4.69) is 17.1 Å². The van der Waals surface area contributed by atoms with E-state index in [-0.39, 0.29) is 4.32 Å². The highest BCUT2D eigenvalue weighted by Crippen LogP contribution is 2.35. The van der Waals surface area contributed by atoms with E-state index in [0.29, 0.717) is 35.2 Å². The number of carboxylic acids is 1. The van der Waals surface area contributed by atoms with Crippen molar-refractivity contribution in [3.8, 4) is 11.5 Å². The third-order valence-electron chi connectivity index (χ3n) is 5.08. The Bertz CT molecular complexity index is 1250. The van der Waals surface area contributed by atoms with Gasteiger partial charge in [0.15, 0.2) is 24.3 Å². The van der Waals surface area contributed by atoms with Crippen molar-refractivity contribution >= 4 is 46.3 Å². The van der Waals surface area contributed by atoms with Crippen LogP contribution in [0.25, 0.3) is 6.08 Å². The molecule has 4 rings (SSSR count). The van der Waals surface area contributed by atoms with Crippen molar-refractivity contribution in [1.29, 1.82) is 0 Å². The number of amides is 1.